The third-order valence-electron chi connectivity index (χ3n) is 7.61. The minimum Gasteiger partial charge on any atom is -0.367 e. The first-order chi connectivity index (χ1) is 16.2. The van der Waals surface area contributed by atoms with E-state index in [2.05, 4.69) is 55.4 Å². The number of nitrogens with one attached hydrogen (secondary N) is 2. The average molecular weight is 465 g/mol. The molecule has 0 spiro atoms. The van der Waals surface area contributed by atoms with E-state index in [9.17, 15) is 9.18 Å². The minimum atomic E-state index is -0.342. The van der Waals surface area contributed by atoms with Crippen LogP contribution in [0.1, 0.15) is 58.9 Å². The molecule has 1 amide bonds. The van der Waals surface area contributed by atoms with Crippen LogP contribution in [-0.2, 0) is 11.2 Å². The van der Waals surface area contributed by atoms with Gasteiger partial charge in [-0.3, -0.25) is 14.8 Å². The molecule has 1 aromatic heterocycles. The van der Waals surface area contributed by atoms with E-state index in [1.807, 2.05) is 12.1 Å². The summed E-state index contributed by atoms with van der Waals surface area (Å²) in [4.78, 5) is 22.0. The molecule has 4 atom stereocenters. The number of hydrogen-bond acceptors (Lipinski definition) is 4. The molecule has 0 radical (unpaired) electrons. The van der Waals surface area contributed by atoms with E-state index >= 15 is 0 Å². The SMILES string of the molecule is CCC(C)(C)CC1CN=C(C(Cc2ccc(-c3ccc(F)cn3)cc2)NC(=O)C2CCC2C)N1. The van der Waals surface area contributed by atoms with Crippen LogP contribution in [-0.4, -0.2) is 35.4 Å². The second kappa shape index (κ2) is 10.2. The summed E-state index contributed by atoms with van der Waals surface area (Å²) in [5.74, 6) is 1.23. The number of hydrogen-bond donors (Lipinski definition) is 2. The number of halogens is 1. The Hall–Kier alpha value is -2.76. The highest BCUT2D eigenvalue weighted by Gasteiger charge is 2.36. The summed E-state index contributed by atoms with van der Waals surface area (Å²) in [6.45, 7) is 9.72. The molecule has 1 aromatic carbocycles. The lowest BCUT2D eigenvalue weighted by Gasteiger charge is -2.34. The first-order valence-corrected chi connectivity index (χ1v) is 12.6. The molecule has 6 heteroatoms. The fraction of sp³-hybridized carbons (Fsp3) is 0.536. The van der Waals surface area contributed by atoms with Gasteiger partial charge in [-0.15, -0.1) is 0 Å². The van der Waals surface area contributed by atoms with Gasteiger partial charge in [-0.05, 0) is 54.7 Å². The summed E-state index contributed by atoms with van der Waals surface area (Å²) in [5.41, 5.74) is 3.04. The van der Waals surface area contributed by atoms with Crippen LogP contribution in [0.3, 0.4) is 0 Å². The van der Waals surface area contributed by atoms with Crippen LogP contribution in [0.4, 0.5) is 4.39 Å². The number of aliphatic imine (C=N–C) groups is 1. The monoisotopic (exact) mass is 464 g/mol. The number of aromatic nitrogens is 1. The molecule has 5 nitrogen and oxygen atoms in total. The largest absolute Gasteiger partial charge is 0.367 e. The third kappa shape index (κ3) is 5.83. The first kappa shape index (κ1) is 24.4. The van der Waals surface area contributed by atoms with E-state index in [1.54, 1.807) is 6.07 Å². The van der Waals surface area contributed by atoms with Crippen molar-refractivity contribution in [1.29, 1.82) is 0 Å². The molecule has 2 heterocycles. The van der Waals surface area contributed by atoms with Gasteiger partial charge in [-0.1, -0.05) is 58.4 Å². The van der Waals surface area contributed by atoms with Gasteiger partial charge >= 0.3 is 0 Å². The fourth-order valence-corrected chi connectivity index (χ4v) is 4.79. The zero-order chi connectivity index (χ0) is 24.3. The van der Waals surface area contributed by atoms with Crippen molar-refractivity contribution in [3.8, 4) is 11.3 Å². The quantitative estimate of drug-likeness (QED) is 0.539. The highest BCUT2D eigenvalue weighted by atomic mass is 19.1. The Labute approximate surface area is 202 Å². The molecule has 2 N–H and O–H groups in total. The number of amides is 1. The number of nitrogens with zero attached hydrogens (tertiary/aromatic N) is 2. The Morgan fingerprint density at radius 2 is 1.97 bits per heavy atom. The summed E-state index contributed by atoms with van der Waals surface area (Å²) in [6.07, 6.45) is 6.16. The van der Waals surface area contributed by atoms with E-state index < -0.39 is 0 Å². The molecule has 1 aliphatic carbocycles. The second-order valence-electron chi connectivity index (χ2n) is 10.8. The maximum absolute atomic E-state index is 13.2. The van der Waals surface area contributed by atoms with Crippen molar-refractivity contribution in [2.24, 2.45) is 22.2 Å². The standard InChI is InChI=1S/C28H37FN4O/c1-5-28(3,4)15-22-17-31-26(32-22)25(33-27(34)23-12-6-18(23)2)14-19-7-9-20(10-8-19)24-13-11-21(29)16-30-24/h7-11,13,16,18,22-23,25H,5-6,12,14-15,17H2,1-4H3,(H,31,32)(H,33,34). The summed E-state index contributed by atoms with van der Waals surface area (Å²) in [7, 11) is 0. The third-order valence-corrected chi connectivity index (χ3v) is 7.61. The van der Waals surface area contributed by atoms with Crippen LogP contribution in [0.15, 0.2) is 47.6 Å². The van der Waals surface area contributed by atoms with Gasteiger partial charge in [-0.25, -0.2) is 4.39 Å². The molecule has 4 rings (SSSR count). The summed E-state index contributed by atoms with van der Waals surface area (Å²) < 4.78 is 13.2. The summed E-state index contributed by atoms with van der Waals surface area (Å²) >= 11 is 0. The lowest BCUT2D eigenvalue weighted by molar-refractivity contribution is -0.130. The lowest BCUT2D eigenvalue weighted by Crippen LogP contribution is -2.52. The smallest absolute Gasteiger partial charge is 0.223 e. The number of amidine groups is 1. The van der Waals surface area contributed by atoms with Crippen molar-refractivity contribution in [3.63, 3.8) is 0 Å². The van der Waals surface area contributed by atoms with E-state index in [0.29, 0.717) is 18.4 Å². The van der Waals surface area contributed by atoms with E-state index in [-0.39, 0.29) is 29.1 Å². The van der Waals surface area contributed by atoms with Crippen LogP contribution in [0.5, 0.6) is 0 Å². The number of carbonyl (C=O) groups excluding carboxylic acids is 1. The predicted molar refractivity (Wildman–Crippen MR) is 135 cm³/mol. The van der Waals surface area contributed by atoms with E-state index in [4.69, 9.17) is 4.99 Å². The zero-order valence-electron chi connectivity index (χ0n) is 20.8. The molecule has 182 valence electrons. The van der Waals surface area contributed by atoms with Crippen molar-refractivity contribution in [2.45, 2.75) is 71.9 Å². The van der Waals surface area contributed by atoms with Crippen LogP contribution in [0.2, 0.25) is 0 Å². The zero-order valence-corrected chi connectivity index (χ0v) is 20.8. The molecule has 1 saturated carbocycles. The van der Waals surface area contributed by atoms with Crippen LogP contribution in [0.25, 0.3) is 11.3 Å². The van der Waals surface area contributed by atoms with Gasteiger partial charge in [0.2, 0.25) is 5.91 Å². The van der Waals surface area contributed by atoms with Crippen LogP contribution < -0.4 is 10.6 Å². The Morgan fingerprint density at radius 1 is 1.21 bits per heavy atom. The van der Waals surface area contributed by atoms with E-state index in [0.717, 1.165) is 54.9 Å². The van der Waals surface area contributed by atoms with Crippen molar-refractivity contribution in [1.82, 2.24) is 15.6 Å². The van der Waals surface area contributed by atoms with Crippen molar-refractivity contribution < 1.29 is 9.18 Å². The van der Waals surface area contributed by atoms with Gasteiger partial charge in [0, 0.05) is 17.5 Å². The fourth-order valence-electron chi connectivity index (χ4n) is 4.79. The van der Waals surface area contributed by atoms with Gasteiger partial charge in [-0.2, -0.15) is 0 Å². The van der Waals surface area contributed by atoms with Crippen molar-refractivity contribution >= 4 is 11.7 Å². The lowest BCUT2D eigenvalue weighted by atomic mass is 9.74. The van der Waals surface area contributed by atoms with Gasteiger partial charge < -0.3 is 10.6 Å². The van der Waals surface area contributed by atoms with E-state index in [1.165, 1.54) is 12.3 Å². The normalized spacial score (nSPS) is 23.0. The molecule has 0 saturated heterocycles. The minimum absolute atomic E-state index is 0.103. The van der Waals surface area contributed by atoms with Crippen molar-refractivity contribution in [3.05, 3.63) is 54.0 Å². The Morgan fingerprint density at radius 3 is 2.56 bits per heavy atom. The topological polar surface area (TPSA) is 66.4 Å². The Kier molecular flexibility index (Phi) is 7.34. The highest BCUT2D eigenvalue weighted by Crippen LogP contribution is 2.34. The average Bonchev–Trinajstić information content (AvgIpc) is 3.26. The van der Waals surface area contributed by atoms with Gasteiger partial charge in [0.15, 0.2) is 0 Å². The molecule has 4 unspecified atom stereocenters. The van der Waals surface area contributed by atoms with Crippen molar-refractivity contribution in [2.75, 3.05) is 6.54 Å². The summed E-state index contributed by atoms with van der Waals surface area (Å²) in [5, 5.41) is 6.93. The summed E-state index contributed by atoms with van der Waals surface area (Å²) in [6, 6.07) is 11.3. The predicted octanol–water partition coefficient (Wildman–Crippen LogP) is 5.16. The van der Waals surface area contributed by atoms with Crippen LogP contribution >= 0.6 is 0 Å². The number of rotatable bonds is 9. The molecule has 2 aliphatic rings. The molecule has 1 fully saturated rings. The van der Waals surface area contributed by atoms with Gasteiger partial charge in [0.05, 0.1) is 24.5 Å². The molecular formula is C28H37FN4O. The van der Waals surface area contributed by atoms with Gasteiger partial charge in [0.25, 0.3) is 0 Å². The van der Waals surface area contributed by atoms with Crippen LogP contribution in [0, 0.1) is 23.1 Å². The first-order valence-electron chi connectivity index (χ1n) is 12.6. The molecule has 0 bridgehead atoms. The van der Waals surface area contributed by atoms with Gasteiger partial charge in [0.1, 0.15) is 11.7 Å². The number of pyridine rings is 1. The number of carbonyl (C=O) groups is 1. The maximum Gasteiger partial charge on any atom is 0.223 e. The Balaban J connectivity index is 1.47. The molecule has 2 aromatic rings. The second-order valence-corrected chi connectivity index (χ2v) is 10.8. The number of benzene rings is 1. The Bertz CT molecular complexity index is 1020. The molecule has 1 aliphatic heterocycles. The highest BCUT2D eigenvalue weighted by molar-refractivity contribution is 5.93. The molecule has 34 heavy (non-hydrogen) atoms. The molecular weight excluding hydrogens is 427 g/mol. The maximum atomic E-state index is 13.2.